The summed E-state index contributed by atoms with van der Waals surface area (Å²) in [6.45, 7) is 1.95. The van der Waals surface area contributed by atoms with Crippen molar-refractivity contribution in [3.05, 3.63) is 82.6 Å². The third kappa shape index (κ3) is 4.80. The summed E-state index contributed by atoms with van der Waals surface area (Å²) < 4.78 is 44.3. The fraction of sp³-hybridized carbons (Fsp3) is 0.393. The van der Waals surface area contributed by atoms with Gasteiger partial charge in [0.05, 0.1) is 11.7 Å². The van der Waals surface area contributed by atoms with Crippen LogP contribution in [-0.2, 0) is 6.42 Å². The van der Waals surface area contributed by atoms with Crippen molar-refractivity contribution in [2.45, 2.75) is 63.0 Å². The Morgan fingerprint density at radius 3 is 2.44 bits per heavy atom. The molecule has 3 N–H and O–H groups in total. The predicted molar refractivity (Wildman–Crippen MR) is 129 cm³/mol. The molecule has 0 spiro atoms. The van der Waals surface area contributed by atoms with Gasteiger partial charge in [-0.1, -0.05) is 6.92 Å². The van der Waals surface area contributed by atoms with Crippen molar-refractivity contribution in [1.82, 2.24) is 9.97 Å². The zero-order valence-electron chi connectivity index (χ0n) is 19.9. The number of nitrogens with two attached hydrogens (primary N) is 1. The second-order valence-electron chi connectivity index (χ2n) is 10.1. The van der Waals surface area contributed by atoms with E-state index in [4.69, 9.17) is 5.73 Å². The summed E-state index contributed by atoms with van der Waals surface area (Å²) in [5, 5.41) is 10.2. The number of aliphatic hydroxyl groups excluding tert-OH is 1. The van der Waals surface area contributed by atoms with Crippen LogP contribution in [0.2, 0.25) is 0 Å². The molecule has 2 aromatic heterocycles. The molecule has 2 aliphatic carbocycles. The van der Waals surface area contributed by atoms with Gasteiger partial charge in [0.1, 0.15) is 28.8 Å². The highest BCUT2D eigenvalue weighted by Crippen LogP contribution is 2.42. The van der Waals surface area contributed by atoms with Crippen molar-refractivity contribution < 1.29 is 23.1 Å². The van der Waals surface area contributed by atoms with E-state index in [0.29, 0.717) is 24.0 Å². The van der Waals surface area contributed by atoms with Crippen LogP contribution in [0.25, 0.3) is 11.3 Å². The molecule has 1 aromatic carbocycles. The van der Waals surface area contributed by atoms with E-state index in [2.05, 4.69) is 9.97 Å². The van der Waals surface area contributed by atoms with E-state index in [1.54, 1.807) is 12.4 Å². The molecule has 0 bridgehead atoms. The minimum absolute atomic E-state index is 0.00730. The van der Waals surface area contributed by atoms with Gasteiger partial charge in [-0.2, -0.15) is 0 Å². The molecule has 5 nitrogen and oxygen atoms in total. The van der Waals surface area contributed by atoms with Crippen molar-refractivity contribution in [3.63, 3.8) is 0 Å². The Hall–Kier alpha value is -3.10. The summed E-state index contributed by atoms with van der Waals surface area (Å²) in [5.74, 6) is -2.93. The van der Waals surface area contributed by atoms with E-state index in [-0.39, 0.29) is 35.9 Å². The average Bonchev–Trinajstić information content (AvgIpc) is 3.69. The number of carbonyl (C=O) groups is 1. The molecule has 0 unspecified atom stereocenters. The monoisotopic (exact) mass is 495 g/mol. The number of pyridine rings is 2. The average molecular weight is 496 g/mol. The van der Waals surface area contributed by atoms with Gasteiger partial charge in [-0.25, -0.2) is 18.2 Å². The number of ketones is 1. The van der Waals surface area contributed by atoms with E-state index in [1.807, 2.05) is 13.0 Å². The van der Waals surface area contributed by atoms with Crippen molar-refractivity contribution in [2.75, 3.05) is 0 Å². The SMILES string of the molecule is C[C@H]1C[C@@H](c2ccncc2CC(=O)c2ccc(F)c(-c3c(F)cc(C4CC4)cc3F)n2)C[C@@H](N)[C@@H]1O. The number of halogens is 3. The maximum absolute atomic E-state index is 14.8. The number of benzene rings is 1. The minimum atomic E-state index is -0.908. The molecule has 0 radical (unpaired) electrons. The lowest BCUT2D eigenvalue weighted by Crippen LogP contribution is -2.44. The third-order valence-electron chi connectivity index (χ3n) is 7.45. The first-order chi connectivity index (χ1) is 17.2. The van der Waals surface area contributed by atoms with Crippen molar-refractivity contribution in [3.8, 4) is 11.3 Å². The maximum atomic E-state index is 14.8. The Morgan fingerprint density at radius 2 is 1.78 bits per heavy atom. The molecular formula is C28H28F3N3O2. The van der Waals surface area contributed by atoms with E-state index >= 15 is 0 Å². The molecular weight excluding hydrogens is 467 g/mol. The first-order valence-corrected chi connectivity index (χ1v) is 12.3. The zero-order chi connectivity index (χ0) is 25.6. The van der Waals surface area contributed by atoms with Crippen LogP contribution in [0.4, 0.5) is 13.2 Å². The Morgan fingerprint density at radius 1 is 1.06 bits per heavy atom. The van der Waals surface area contributed by atoms with E-state index < -0.39 is 40.6 Å². The number of rotatable bonds is 6. The summed E-state index contributed by atoms with van der Waals surface area (Å²) in [6, 6.07) is 6.16. The van der Waals surface area contributed by atoms with Gasteiger partial charge in [-0.3, -0.25) is 9.78 Å². The second-order valence-corrected chi connectivity index (χ2v) is 10.1. The van der Waals surface area contributed by atoms with Gasteiger partial charge in [0.15, 0.2) is 5.78 Å². The van der Waals surface area contributed by atoms with Crippen LogP contribution in [-0.4, -0.2) is 33.0 Å². The smallest absolute Gasteiger partial charge is 0.185 e. The van der Waals surface area contributed by atoms with Gasteiger partial charge >= 0.3 is 0 Å². The fourth-order valence-corrected chi connectivity index (χ4v) is 5.32. The molecule has 3 aromatic rings. The van der Waals surface area contributed by atoms with Crippen LogP contribution >= 0.6 is 0 Å². The highest BCUT2D eigenvalue weighted by molar-refractivity contribution is 5.96. The van der Waals surface area contributed by atoms with Crippen molar-refractivity contribution in [2.24, 2.45) is 11.7 Å². The van der Waals surface area contributed by atoms with Crippen molar-refractivity contribution in [1.29, 1.82) is 0 Å². The van der Waals surface area contributed by atoms with Crippen LogP contribution in [0.5, 0.6) is 0 Å². The lowest BCUT2D eigenvalue weighted by Gasteiger charge is -2.36. The Labute approximate surface area is 207 Å². The number of carbonyl (C=O) groups excluding carboxylic acids is 1. The number of nitrogens with zero attached hydrogens (tertiary/aromatic N) is 2. The van der Waals surface area contributed by atoms with Gasteiger partial charge in [0.25, 0.3) is 0 Å². The number of aliphatic hydroxyl groups is 1. The van der Waals surface area contributed by atoms with Crippen LogP contribution in [0, 0.1) is 23.4 Å². The van der Waals surface area contributed by atoms with Crippen LogP contribution in [0.1, 0.15) is 71.6 Å². The summed E-state index contributed by atoms with van der Waals surface area (Å²) in [4.78, 5) is 21.4. The number of aromatic nitrogens is 2. The summed E-state index contributed by atoms with van der Waals surface area (Å²) >= 11 is 0. The highest BCUT2D eigenvalue weighted by atomic mass is 19.1. The number of hydrogen-bond donors (Lipinski definition) is 2. The molecule has 4 atom stereocenters. The van der Waals surface area contributed by atoms with Gasteiger partial charge < -0.3 is 10.8 Å². The summed E-state index contributed by atoms with van der Waals surface area (Å²) in [5.41, 5.74) is 7.11. The lowest BCUT2D eigenvalue weighted by molar-refractivity contribution is 0.0519. The van der Waals surface area contributed by atoms with Crippen LogP contribution in [0.15, 0.2) is 42.7 Å². The summed E-state index contributed by atoms with van der Waals surface area (Å²) in [7, 11) is 0. The molecule has 36 heavy (non-hydrogen) atoms. The van der Waals surface area contributed by atoms with E-state index in [0.717, 1.165) is 24.5 Å². The molecule has 2 aliphatic rings. The molecule has 0 aliphatic heterocycles. The largest absolute Gasteiger partial charge is 0.391 e. The first kappa shape index (κ1) is 24.6. The Balaban J connectivity index is 1.42. The molecule has 2 fully saturated rings. The molecule has 0 amide bonds. The normalized spacial score (nSPS) is 24.1. The highest BCUT2D eigenvalue weighted by Gasteiger charge is 2.34. The van der Waals surface area contributed by atoms with Gasteiger partial charge in [-0.05, 0) is 90.5 Å². The second kappa shape index (κ2) is 9.75. The molecule has 0 saturated heterocycles. The standard InChI is InChI=1S/C28H28F3N3O2/c1-14-8-17(11-23(32)28(14)36)19-6-7-33-13-18(19)12-25(35)24-5-4-20(29)27(34-24)26-21(30)9-16(10-22(26)31)15-2-3-15/h4-7,9-10,13-15,17,23,28,36H,2-3,8,11-12,32H2,1H3/t14-,17+,23+,28+/m0/s1. The number of Topliss-reactive ketones (excluding diaryl/α,β-unsaturated/α-hetero) is 1. The Kier molecular flexibility index (Phi) is 6.66. The molecule has 2 saturated carbocycles. The van der Waals surface area contributed by atoms with Gasteiger partial charge in [0, 0.05) is 24.9 Å². The molecule has 2 heterocycles. The van der Waals surface area contributed by atoms with Gasteiger partial charge in [0.2, 0.25) is 0 Å². The first-order valence-electron chi connectivity index (χ1n) is 12.3. The van der Waals surface area contributed by atoms with E-state index in [1.165, 1.54) is 18.2 Å². The van der Waals surface area contributed by atoms with Crippen LogP contribution in [0.3, 0.4) is 0 Å². The fourth-order valence-electron chi connectivity index (χ4n) is 5.32. The summed E-state index contributed by atoms with van der Waals surface area (Å²) in [6.07, 6.45) is 5.66. The third-order valence-corrected chi connectivity index (χ3v) is 7.45. The molecule has 188 valence electrons. The maximum Gasteiger partial charge on any atom is 0.185 e. The van der Waals surface area contributed by atoms with Gasteiger partial charge in [-0.15, -0.1) is 0 Å². The van der Waals surface area contributed by atoms with Crippen molar-refractivity contribution >= 4 is 5.78 Å². The quantitative estimate of drug-likeness (QED) is 0.467. The van der Waals surface area contributed by atoms with Crippen LogP contribution < -0.4 is 5.73 Å². The minimum Gasteiger partial charge on any atom is -0.391 e. The molecule has 5 rings (SSSR count). The molecule has 8 heteroatoms. The Bertz CT molecular complexity index is 1280. The predicted octanol–water partition coefficient (Wildman–Crippen LogP) is 5.07. The van der Waals surface area contributed by atoms with E-state index in [9.17, 15) is 23.1 Å². The zero-order valence-corrected chi connectivity index (χ0v) is 19.9. The lowest BCUT2D eigenvalue weighted by atomic mass is 9.74. The number of hydrogen-bond acceptors (Lipinski definition) is 5. The topological polar surface area (TPSA) is 89.1 Å².